The van der Waals surface area contributed by atoms with Crippen molar-refractivity contribution in [3.05, 3.63) is 18.1 Å². The van der Waals surface area contributed by atoms with E-state index in [0.29, 0.717) is 11.7 Å². The molecule has 0 atom stereocenters. The lowest BCUT2D eigenvalue weighted by Gasteiger charge is -2.34. The minimum Gasteiger partial charge on any atom is -0.354 e. The van der Waals surface area contributed by atoms with Crippen LogP contribution >= 0.6 is 0 Å². The van der Waals surface area contributed by atoms with Gasteiger partial charge in [-0.1, -0.05) is 32.6 Å². The third-order valence-corrected chi connectivity index (χ3v) is 5.22. The quantitative estimate of drug-likeness (QED) is 0.856. The van der Waals surface area contributed by atoms with Gasteiger partial charge >= 0.3 is 0 Å². The van der Waals surface area contributed by atoms with E-state index < -0.39 is 0 Å². The Morgan fingerprint density at radius 3 is 2.50 bits per heavy atom. The van der Waals surface area contributed by atoms with Gasteiger partial charge in [0.05, 0.1) is 0 Å². The standard InChI is InChI=1S/C18H29N5O/c1-2-22-9-11-23(12-10-22)17-13-16(19-14-20-17)18(24)21-15-7-5-3-4-6-8-15/h13-15H,2-12H2,1H3,(H,21,24). The number of likely N-dealkylation sites (N-methyl/N-ethyl adjacent to an activating group) is 1. The Labute approximate surface area is 144 Å². The third-order valence-electron chi connectivity index (χ3n) is 5.22. The number of hydrogen-bond acceptors (Lipinski definition) is 5. The van der Waals surface area contributed by atoms with E-state index in [1.54, 1.807) is 0 Å². The summed E-state index contributed by atoms with van der Waals surface area (Å²) in [6.45, 7) is 7.28. The first-order valence-electron chi connectivity index (χ1n) is 9.36. The van der Waals surface area contributed by atoms with Crippen LogP contribution in [0.5, 0.6) is 0 Å². The number of rotatable bonds is 4. The maximum atomic E-state index is 12.5. The second-order valence-corrected chi connectivity index (χ2v) is 6.84. The summed E-state index contributed by atoms with van der Waals surface area (Å²) in [6.07, 6.45) is 8.68. The van der Waals surface area contributed by atoms with E-state index in [4.69, 9.17) is 0 Å². The van der Waals surface area contributed by atoms with Crippen molar-refractivity contribution in [1.29, 1.82) is 0 Å². The number of piperazine rings is 1. The van der Waals surface area contributed by atoms with Crippen LogP contribution in [0.2, 0.25) is 0 Å². The monoisotopic (exact) mass is 331 g/mol. The van der Waals surface area contributed by atoms with Gasteiger partial charge in [0.15, 0.2) is 0 Å². The van der Waals surface area contributed by atoms with E-state index in [1.807, 2.05) is 6.07 Å². The molecular weight excluding hydrogens is 302 g/mol. The van der Waals surface area contributed by atoms with Crippen LogP contribution in [0.3, 0.4) is 0 Å². The fourth-order valence-corrected chi connectivity index (χ4v) is 3.62. The molecule has 0 unspecified atom stereocenters. The molecule has 1 aromatic rings. The Hall–Kier alpha value is -1.69. The van der Waals surface area contributed by atoms with Crippen LogP contribution in [0, 0.1) is 0 Å². The SMILES string of the molecule is CCN1CCN(c2cc(C(=O)NC3CCCCCC3)ncn2)CC1. The Kier molecular flexibility index (Phi) is 6.01. The number of anilines is 1. The van der Waals surface area contributed by atoms with Crippen LogP contribution in [0.25, 0.3) is 0 Å². The smallest absolute Gasteiger partial charge is 0.270 e. The molecule has 1 aliphatic heterocycles. The topological polar surface area (TPSA) is 61.4 Å². The van der Waals surface area contributed by atoms with Crippen LogP contribution in [-0.2, 0) is 0 Å². The van der Waals surface area contributed by atoms with Gasteiger partial charge < -0.3 is 15.1 Å². The molecule has 0 aromatic carbocycles. The number of nitrogens with one attached hydrogen (secondary N) is 1. The zero-order valence-electron chi connectivity index (χ0n) is 14.7. The van der Waals surface area contributed by atoms with E-state index in [2.05, 4.69) is 32.0 Å². The van der Waals surface area contributed by atoms with Crippen LogP contribution in [0.15, 0.2) is 12.4 Å². The summed E-state index contributed by atoms with van der Waals surface area (Å²) in [5.41, 5.74) is 0.488. The van der Waals surface area contributed by atoms with Crippen LogP contribution in [-0.4, -0.2) is 59.5 Å². The van der Waals surface area contributed by atoms with Gasteiger partial charge in [0.1, 0.15) is 17.8 Å². The normalized spacial score (nSPS) is 20.6. The zero-order chi connectivity index (χ0) is 16.8. The Balaban J connectivity index is 1.61. The van der Waals surface area contributed by atoms with Gasteiger partial charge in [-0.25, -0.2) is 9.97 Å². The van der Waals surface area contributed by atoms with Crippen molar-refractivity contribution in [3.8, 4) is 0 Å². The lowest BCUT2D eigenvalue weighted by Crippen LogP contribution is -2.46. The van der Waals surface area contributed by atoms with E-state index >= 15 is 0 Å². The van der Waals surface area contributed by atoms with Crippen LogP contribution in [0.1, 0.15) is 55.9 Å². The number of nitrogens with zero attached hydrogens (tertiary/aromatic N) is 4. The number of aromatic nitrogens is 2. The summed E-state index contributed by atoms with van der Waals surface area (Å²) in [7, 11) is 0. The average molecular weight is 331 g/mol. The van der Waals surface area contributed by atoms with Crippen molar-refractivity contribution in [1.82, 2.24) is 20.2 Å². The van der Waals surface area contributed by atoms with Gasteiger partial charge in [-0.15, -0.1) is 0 Å². The minimum absolute atomic E-state index is 0.0576. The molecule has 1 amide bonds. The summed E-state index contributed by atoms with van der Waals surface area (Å²) in [5.74, 6) is 0.810. The largest absolute Gasteiger partial charge is 0.354 e. The van der Waals surface area contributed by atoms with E-state index in [0.717, 1.165) is 51.4 Å². The fraction of sp³-hybridized carbons (Fsp3) is 0.722. The maximum Gasteiger partial charge on any atom is 0.270 e. The molecule has 0 spiro atoms. The highest BCUT2D eigenvalue weighted by Gasteiger charge is 2.20. The molecular formula is C18H29N5O. The summed E-state index contributed by atoms with van der Waals surface area (Å²) >= 11 is 0. The van der Waals surface area contributed by atoms with Crippen LogP contribution in [0.4, 0.5) is 5.82 Å². The molecule has 6 nitrogen and oxygen atoms in total. The van der Waals surface area contributed by atoms with Crippen LogP contribution < -0.4 is 10.2 Å². The zero-order valence-corrected chi connectivity index (χ0v) is 14.7. The summed E-state index contributed by atoms with van der Waals surface area (Å²) in [6, 6.07) is 2.14. The van der Waals surface area contributed by atoms with Crippen molar-refractivity contribution >= 4 is 11.7 Å². The average Bonchev–Trinajstić information content (AvgIpc) is 2.90. The molecule has 3 rings (SSSR count). The van der Waals surface area contributed by atoms with Gasteiger partial charge in [0.2, 0.25) is 0 Å². The van der Waals surface area contributed by atoms with Gasteiger partial charge in [-0.3, -0.25) is 4.79 Å². The first-order chi connectivity index (χ1) is 11.8. The first-order valence-corrected chi connectivity index (χ1v) is 9.36. The van der Waals surface area contributed by atoms with Gasteiger partial charge in [0, 0.05) is 38.3 Å². The van der Waals surface area contributed by atoms with Crippen molar-refractivity contribution < 1.29 is 4.79 Å². The molecule has 2 aliphatic rings. The van der Waals surface area contributed by atoms with Crippen molar-refractivity contribution in [2.45, 2.75) is 51.5 Å². The van der Waals surface area contributed by atoms with E-state index in [9.17, 15) is 4.79 Å². The first kappa shape index (κ1) is 17.1. The lowest BCUT2D eigenvalue weighted by molar-refractivity contribution is 0.0928. The van der Waals surface area contributed by atoms with E-state index in [1.165, 1.54) is 32.0 Å². The van der Waals surface area contributed by atoms with Gasteiger partial charge in [-0.05, 0) is 19.4 Å². The van der Waals surface area contributed by atoms with Crippen molar-refractivity contribution in [2.75, 3.05) is 37.6 Å². The third kappa shape index (κ3) is 4.44. The Morgan fingerprint density at radius 2 is 1.83 bits per heavy atom. The Morgan fingerprint density at radius 1 is 1.12 bits per heavy atom. The molecule has 0 bridgehead atoms. The van der Waals surface area contributed by atoms with Crippen molar-refractivity contribution in [3.63, 3.8) is 0 Å². The predicted octanol–water partition coefficient (Wildman–Crippen LogP) is 2.07. The number of amides is 1. The molecule has 0 radical (unpaired) electrons. The molecule has 1 aromatic heterocycles. The summed E-state index contributed by atoms with van der Waals surface area (Å²) in [5, 5.41) is 3.17. The summed E-state index contributed by atoms with van der Waals surface area (Å²) in [4.78, 5) is 25.8. The highest BCUT2D eigenvalue weighted by Crippen LogP contribution is 2.18. The molecule has 1 saturated carbocycles. The number of carbonyl (C=O) groups excluding carboxylic acids is 1. The molecule has 2 fully saturated rings. The molecule has 1 saturated heterocycles. The number of carbonyl (C=O) groups is 1. The molecule has 1 aliphatic carbocycles. The molecule has 24 heavy (non-hydrogen) atoms. The van der Waals surface area contributed by atoms with Gasteiger partial charge in [0.25, 0.3) is 5.91 Å². The Bertz CT molecular complexity index is 534. The second-order valence-electron chi connectivity index (χ2n) is 6.84. The highest BCUT2D eigenvalue weighted by atomic mass is 16.1. The summed E-state index contributed by atoms with van der Waals surface area (Å²) < 4.78 is 0. The van der Waals surface area contributed by atoms with E-state index in [-0.39, 0.29) is 5.91 Å². The van der Waals surface area contributed by atoms with Gasteiger partial charge in [-0.2, -0.15) is 0 Å². The molecule has 6 heteroatoms. The predicted molar refractivity (Wildman–Crippen MR) is 95.3 cm³/mol. The van der Waals surface area contributed by atoms with Crippen molar-refractivity contribution in [2.24, 2.45) is 0 Å². The highest BCUT2D eigenvalue weighted by molar-refractivity contribution is 5.93. The maximum absolute atomic E-state index is 12.5. The molecule has 1 N–H and O–H groups in total. The molecule has 132 valence electrons. The lowest BCUT2D eigenvalue weighted by atomic mass is 10.1. The molecule has 2 heterocycles. The number of hydrogen-bond donors (Lipinski definition) is 1. The fourth-order valence-electron chi connectivity index (χ4n) is 3.62. The second kappa shape index (κ2) is 8.42. The minimum atomic E-state index is -0.0576.